The van der Waals surface area contributed by atoms with E-state index in [0.717, 1.165) is 0 Å². The van der Waals surface area contributed by atoms with Crippen molar-refractivity contribution in [2.24, 2.45) is 5.10 Å². The number of H-pyrrole nitrogens is 1. The summed E-state index contributed by atoms with van der Waals surface area (Å²) in [5, 5.41) is 45.9. The van der Waals surface area contributed by atoms with Crippen molar-refractivity contribution in [2.75, 3.05) is 35.8 Å². The number of nitrogens with two attached hydrogens (primary N) is 1. The fraction of sp³-hybridized carbons (Fsp3) is 0.429. The average molecular weight is 518 g/mol. The maximum absolute atomic E-state index is 12.4. The van der Waals surface area contributed by atoms with Crippen LogP contribution in [-0.2, 0) is 4.74 Å². The number of fused-ring (bicyclic) bond motifs is 1. The Hall–Kier alpha value is -4.12. The van der Waals surface area contributed by atoms with Gasteiger partial charge in [-0.15, -0.1) is 0 Å². The molecule has 1 saturated heterocycles. The maximum atomic E-state index is 12.4. The number of aliphatic hydroxyl groups excluding tert-OH is 3. The minimum absolute atomic E-state index is 0.0620. The van der Waals surface area contributed by atoms with Gasteiger partial charge in [0.25, 0.3) is 11.2 Å². The van der Waals surface area contributed by atoms with Gasteiger partial charge < -0.3 is 30.7 Å². The summed E-state index contributed by atoms with van der Waals surface area (Å²) in [5.41, 5.74) is 8.23. The van der Waals surface area contributed by atoms with Gasteiger partial charge in [0.2, 0.25) is 11.9 Å². The highest BCUT2D eigenvalue weighted by Crippen LogP contribution is 2.34. The second-order valence-corrected chi connectivity index (χ2v) is 8.21. The Labute approximate surface area is 209 Å². The van der Waals surface area contributed by atoms with Gasteiger partial charge in [0, 0.05) is 24.7 Å². The maximum Gasteiger partial charge on any atom is 0.293 e. The van der Waals surface area contributed by atoms with Crippen LogP contribution in [0.4, 0.5) is 23.3 Å². The summed E-state index contributed by atoms with van der Waals surface area (Å²) in [6.07, 6.45) is -4.01. The zero-order valence-corrected chi connectivity index (χ0v) is 20.0. The van der Waals surface area contributed by atoms with E-state index in [2.05, 4.69) is 25.5 Å². The molecule has 1 aliphatic heterocycles. The van der Waals surface area contributed by atoms with Crippen LogP contribution in [0.5, 0.6) is 0 Å². The van der Waals surface area contributed by atoms with E-state index in [1.54, 1.807) is 12.1 Å². The molecular formula is C21H27N9O7. The molecule has 0 amide bonds. The summed E-state index contributed by atoms with van der Waals surface area (Å²) < 4.78 is 6.77. The summed E-state index contributed by atoms with van der Waals surface area (Å²) in [6, 6.07) is 4.67. The second-order valence-electron chi connectivity index (χ2n) is 8.21. The largest absolute Gasteiger partial charge is 0.394 e. The van der Waals surface area contributed by atoms with E-state index in [1.165, 1.54) is 16.8 Å². The number of nitro groups is 1. The molecule has 1 aromatic carbocycles. The topological polar surface area (TPSA) is 230 Å². The Morgan fingerprint density at radius 1 is 1.32 bits per heavy atom. The van der Waals surface area contributed by atoms with Crippen molar-refractivity contribution in [2.45, 2.75) is 38.4 Å². The molecule has 16 nitrogen and oxygen atoms in total. The normalized spacial score (nSPS) is 21.6. The molecule has 16 heteroatoms. The monoisotopic (exact) mass is 517 g/mol. The molecule has 3 aromatic rings. The van der Waals surface area contributed by atoms with E-state index in [-0.39, 0.29) is 28.7 Å². The standard InChI is InChI=1S/C21H27N9O7/c1-3-28(4-2)11-6-5-10(7-12(11)30(35)36)8-23-27-21-24-14-17(25-20(22)26-18(14)34)29(21)19-16(33)15(32)13(9-31)37-19/h5-8,13,15-16,19,31-33H,3-4,9H2,1-2H3,(H,24,27)(H3,22,25,26,34)/b23-8-/t13-,15+,16-,19+/m0/s1. The quantitative estimate of drug-likeness (QED) is 0.120. The number of nitrogens with one attached hydrogen (secondary N) is 2. The zero-order valence-electron chi connectivity index (χ0n) is 20.0. The molecule has 1 aliphatic rings. The van der Waals surface area contributed by atoms with Crippen molar-refractivity contribution in [3.63, 3.8) is 0 Å². The number of nitrogens with zero attached hydrogens (tertiary/aromatic N) is 6. The lowest BCUT2D eigenvalue weighted by Gasteiger charge is -2.20. The predicted molar refractivity (Wildman–Crippen MR) is 133 cm³/mol. The minimum atomic E-state index is -1.50. The lowest BCUT2D eigenvalue weighted by molar-refractivity contribution is -0.384. The van der Waals surface area contributed by atoms with Crippen LogP contribution in [0, 0.1) is 10.1 Å². The molecule has 0 aliphatic carbocycles. The molecule has 0 bridgehead atoms. The Bertz CT molecular complexity index is 1380. The minimum Gasteiger partial charge on any atom is -0.394 e. The van der Waals surface area contributed by atoms with Gasteiger partial charge in [0.05, 0.1) is 17.7 Å². The number of hydrogen-bond acceptors (Lipinski definition) is 13. The predicted octanol–water partition coefficient (Wildman–Crippen LogP) is -0.486. The van der Waals surface area contributed by atoms with E-state index < -0.39 is 41.6 Å². The summed E-state index contributed by atoms with van der Waals surface area (Å²) in [5.74, 6) is -0.319. The van der Waals surface area contributed by atoms with Gasteiger partial charge in [-0.2, -0.15) is 10.1 Å². The van der Waals surface area contributed by atoms with Gasteiger partial charge in [-0.05, 0) is 19.9 Å². The molecule has 37 heavy (non-hydrogen) atoms. The van der Waals surface area contributed by atoms with Gasteiger partial charge in [-0.3, -0.25) is 24.5 Å². The van der Waals surface area contributed by atoms with Crippen molar-refractivity contribution in [1.29, 1.82) is 0 Å². The van der Waals surface area contributed by atoms with Crippen LogP contribution < -0.4 is 21.6 Å². The molecule has 4 atom stereocenters. The number of rotatable bonds is 9. The zero-order chi connectivity index (χ0) is 26.9. The number of aromatic nitrogens is 4. The van der Waals surface area contributed by atoms with Crippen molar-refractivity contribution < 1.29 is 25.0 Å². The van der Waals surface area contributed by atoms with Crippen molar-refractivity contribution in [1.82, 2.24) is 19.5 Å². The van der Waals surface area contributed by atoms with Gasteiger partial charge in [0.15, 0.2) is 17.4 Å². The molecule has 198 valence electrons. The van der Waals surface area contributed by atoms with Crippen LogP contribution in [-0.4, -0.2) is 84.0 Å². The molecule has 0 unspecified atom stereocenters. The summed E-state index contributed by atoms with van der Waals surface area (Å²) in [6.45, 7) is 4.43. The number of hydrogen-bond donors (Lipinski definition) is 6. The lowest BCUT2D eigenvalue weighted by Crippen LogP contribution is -2.33. The second kappa shape index (κ2) is 10.5. The SMILES string of the molecule is CCN(CC)c1ccc(/C=N\Nc2nc3c(=O)[nH]c(N)nc3n2[C@@H]2O[C@@H](CO)[C@@H](O)[C@@H]2O)cc1[N+](=O)[O-]. The fourth-order valence-electron chi connectivity index (χ4n) is 4.18. The molecule has 1 fully saturated rings. The Kier molecular flexibility index (Phi) is 7.35. The summed E-state index contributed by atoms with van der Waals surface area (Å²) in [4.78, 5) is 36.0. The lowest BCUT2D eigenvalue weighted by atomic mass is 10.1. The molecule has 0 saturated carbocycles. The Balaban J connectivity index is 1.71. The third kappa shape index (κ3) is 4.82. The van der Waals surface area contributed by atoms with Crippen LogP contribution in [0.3, 0.4) is 0 Å². The molecule has 3 heterocycles. The van der Waals surface area contributed by atoms with Gasteiger partial charge in [-0.25, -0.2) is 10.4 Å². The highest BCUT2D eigenvalue weighted by Gasteiger charge is 2.45. The fourth-order valence-corrected chi connectivity index (χ4v) is 4.18. The molecule has 0 radical (unpaired) electrons. The number of nitrogen functional groups attached to an aromatic ring is 1. The summed E-state index contributed by atoms with van der Waals surface area (Å²) in [7, 11) is 0. The number of anilines is 3. The first kappa shape index (κ1) is 26.0. The highest BCUT2D eigenvalue weighted by atomic mass is 16.6. The van der Waals surface area contributed by atoms with Crippen LogP contribution in [0.2, 0.25) is 0 Å². The van der Waals surface area contributed by atoms with Crippen molar-refractivity contribution >= 4 is 40.6 Å². The third-order valence-electron chi connectivity index (χ3n) is 6.02. The molecule has 0 spiro atoms. The highest BCUT2D eigenvalue weighted by molar-refractivity contribution is 5.84. The van der Waals surface area contributed by atoms with E-state index in [0.29, 0.717) is 24.3 Å². The van der Waals surface area contributed by atoms with E-state index >= 15 is 0 Å². The van der Waals surface area contributed by atoms with Crippen LogP contribution in [0.25, 0.3) is 11.2 Å². The van der Waals surface area contributed by atoms with Crippen molar-refractivity contribution in [3.8, 4) is 0 Å². The number of ether oxygens (including phenoxy) is 1. The van der Waals surface area contributed by atoms with Gasteiger partial charge >= 0.3 is 0 Å². The first-order valence-corrected chi connectivity index (χ1v) is 11.4. The number of imidazole rings is 1. The Morgan fingerprint density at radius 3 is 2.68 bits per heavy atom. The van der Waals surface area contributed by atoms with Gasteiger partial charge in [-0.1, -0.05) is 6.07 Å². The van der Waals surface area contributed by atoms with Crippen LogP contribution in [0.1, 0.15) is 25.6 Å². The average Bonchev–Trinajstić information content (AvgIpc) is 3.36. The first-order chi connectivity index (χ1) is 17.7. The number of nitro benzene ring substituents is 1. The number of benzene rings is 1. The van der Waals surface area contributed by atoms with Crippen LogP contribution >= 0.6 is 0 Å². The Morgan fingerprint density at radius 2 is 2.05 bits per heavy atom. The number of hydrazone groups is 1. The van der Waals surface area contributed by atoms with Crippen molar-refractivity contribution in [3.05, 3.63) is 44.2 Å². The summed E-state index contributed by atoms with van der Waals surface area (Å²) >= 11 is 0. The van der Waals surface area contributed by atoms with Crippen LogP contribution in [0.15, 0.2) is 28.1 Å². The number of aliphatic hydroxyl groups is 3. The smallest absolute Gasteiger partial charge is 0.293 e. The van der Waals surface area contributed by atoms with E-state index in [1.807, 2.05) is 18.7 Å². The first-order valence-electron chi connectivity index (χ1n) is 11.4. The molecule has 7 N–H and O–H groups in total. The number of aromatic amines is 1. The van der Waals surface area contributed by atoms with E-state index in [4.69, 9.17) is 10.5 Å². The molecule has 2 aromatic heterocycles. The third-order valence-corrected chi connectivity index (χ3v) is 6.02. The molecular weight excluding hydrogens is 490 g/mol. The molecule has 4 rings (SSSR count). The van der Waals surface area contributed by atoms with Gasteiger partial charge in [0.1, 0.15) is 24.0 Å². The van der Waals surface area contributed by atoms with E-state index in [9.17, 15) is 30.2 Å².